The van der Waals surface area contributed by atoms with E-state index in [1.54, 1.807) is 0 Å². The van der Waals surface area contributed by atoms with Crippen molar-refractivity contribution in [1.82, 2.24) is 9.78 Å². The lowest BCUT2D eigenvalue weighted by atomic mass is 10.0. The van der Waals surface area contributed by atoms with E-state index in [0.717, 1.165) is 16.7 Å². The monoisotopic (exact) mass is 349 g/mol. The molecule has 0 fully saturated rings. The molecule has 0 aliphatic carbocycles. The van der Waals surface area contributed by atoms with Crippen LogP contribution in [0.25, 0.3) is 0 Å². The third-order valence-electron chi connectivity index (χ3n) is 4.03. The Morgan fingerprint density at radius 3 is 2.24 bits per heavy atom. The van der Waals surface area contributed by atoms with Gasteiger partial charge in [-0.15, -0.1) is 0 Å². The first kappa shape index (κ1) is 16.1. The summed E-state index contributed by atoms with van der Waals surface area (Å²) in [6, 6.07) is 4.54. The molecule has 0 aliphatic rings. The van der Waals surface area contributed by atoms with Gasteiger partial charge in [-0.2, -0.15) is 5.10 Å². The molecule has 3 nitrogen and oxygen atoms in total. The summed E-state index contributed by atoms with van der Waals surface area (Å²) >= 11 is 3.55. The van der Waals surface area contributed by atoms with Crippen LogP contribution in [0.1, 0.15) is 48.0 Å². The quantitative estimate of drug-likeness (QED) is 0.834. The van der Waals surface area contributed by atoms with Crippen molar-refractivity contribution in [3.05, 3.63) is 44.7 Å². The lowest BCUT2D eigenvalue weighted by Crippen LogP contribution is -2.11. The number of nitrogens with one attached hydrogen (secondary N) is 1. The van der Waals surface area contributed by atoms with E-state index < -0.39 is 0 Å². The second kappa shape index (κ2) is 6.22. The lowest BCUT2D eigenvalue weighted by molar-refractivity contribution is 0.632. The molecule has 0 aliphatic heterocycles. The van der Waals surface area contributed by atoms with Crippen LogP contribution in [0.3, 0.4) is 0 Å². The summed E-state index contributed by atoms with van der Waals surface area (Å²) in [7, 11) is 0. The molecule has 1 aromatic heterocycles. The van der Waals surface area contributed by atoms with E-state index in [0.29, 0.717) is 0 Å². The molecule has 0 spiro atoms. The van der Waals surface area contributed by atoms with Crippen LogP contribution < -0.4 is 5.32 Å². The van der Waals surface area contributed by atoms with Gasteiger partial charge in [0.25, 0.3) is 0 Å². The van der Waals surface area contributed by atoms with Crippen LogP contribution in [0.15, 0.2) is 16.6 Å². The highest BCUT2D eigenvalue weighted by Crippen LogP contribution is 2.30. The lowest BCUT2D eigenvalue weighted by Gasteiger charge is -2.20. The Morgan fingerprint density at radius 2 is 1.76 bits per heavy atom. The average Bonchev–Trinajstić information content (AvgIpc) is 2.68. The Labute approximate surface area is 135 Å². The van der Waals surface area contributed by atoms with Crippen molar-refractivity contribution in [3.63, 3.8) is 0 Å². The van der Waals surface area contributed by atoms with Gasteiger partial charge in [0.05, 0.1) is 11.7 Å². The van der Waals surface area contributed by atoms with E-state index in [1.807, 2.05) is 0 Å². The van der Waals surface area contributed by atoms with Crippen molar-refractivity contribution < 1.29 is 0 Å². The molecule has 1 N–H and O–H groups in total. The summed E-state index contributed by atoms with van der Waals surface area (Å²) < 4.78 is 3.20. The van der Waals surface area contributed by atoms with Gasteiger partial charge in [-0.3, -0.25) is 4.68 Å². The van der Waals surface area contributed by atoms with Gasteiger partial charge in [-0.05, 0) is 64.8 Å². The Kier molecular flexibility index (Phi) is 4.77. The molecule has 1 heterocycles. The van der Waals surface area contributed by atoms with E-state index in [9.17, 15) is 0 Å². The van der Waals surface area contributed by atoms with Crippen LogP contribution in [-0.4, -0.2) is 9.78 Å². The van der Waals surface area contributed by atoms with E-state index >= 15 is 0 Å². The van der Waals surface area contributed by atoms with Crippen LogP contribution in [0.5, 0.6) is 0 Å². The van der Waals surface area contributed by atoms with Crippen molar-refractivity contribution in [3.8, 4) is 0 Å². The van der Waals surface area contributed by atoms with Crippen LogP contribution in [0.2, 0.25) is 0 Å². The van der Waals surface area contributed by atoms with Crippen LogP contribution in [0.4, 0.5) is 5.69 Å². The number of nitrogens with zero attached hydrogens (tertiary/aromatic N) is 2. The zero-order chi connectivity index (χ0) is 15.7. The van der Waals surface area contributed by atoms with Gasteiger partial charge in [-0.1, -0.05) is 15.9 Å². The van der Waals surface area contributed by atoms with Crippen molar-refractivity contribution >= 4 is 21.6 Å². The Hall–Kier alpha value is -1.29. The minimum atomic E-state index is 0.240. The molecule has 0 saturated carbocycles. The maximum absolute atomic E-state index is 4.62. The van der Waals surface area contributed by atoms with Crippen molar-refractivity contribution in [2.75, 3.05) is 5.32 Å². The number of hydrogen-bond donors (Lipinski definition) is 1. The highest BCUT2D eigenvalue weighted by atomic mass is 79.9. The van der Waals surface area contributed by atoms with Gasteiger partial charge in [0.2, 0.25) is 0 Å². The molecule has 1 atom stereocenters. The number of aryl methyl sites for hydroxylation is 4. The predicted molar refractivity (Wildman–Crippen MR) is 93.0 cm³/mol. The van der Waals surface area contributed by atoms with Crippen LogP contribution in [0, 0.1) is 27.7 Å². The molecule has 0 amide bonds. The summed E-state index contributed by atoms with van der Waals surface area (Å²) in [4.78, 5) is 0. The minimum absolute atomic E-state index is 0.240. The fourth-order valence-corrected chi connectivity index (χ4v) is 3.76. The Bertz CT molecular complexity index is 635. The van der Waals surface area contributed by atoms with E-state index in [-0.39, 0.29) is 6.04 Å². The molecule has 21 heavy (non-hydrogen) atoms. The molecule has 4 heteroatoms. The highest BCUT2D eigenvalue weighted by molar-refractivity contribution is 9.10. The maximum Gasteiger partial charge on any atom is 0.0649 e. The largest absolute Gasteiger partial charge is 0.378 e. The van der Waals surface area contributed by atoms with E-state index in [2.05, 4.69) is 84.7 Å². The minimum Gasteiger partial charge on any atom is -0.378 e. The predicted octanol–water partition coefficient (Wildman–Crippen LogP) is 5.07. The van der Waals surface area contributed by atoms with Gasteiger partial charge in [-0.25, -0.2) is 0 Å². The summed E-state index contributed by atoms with van der Waals surface area (Å²) in [6.45, 7) is 13.8. The number of halogens is 1. The molecule has 0 saturated heterocycles. The molecule has 0 bridgehead atoms. The second-order valence-corrected chi connectivity index (χ2v) is 6.60. The summed E-state index contributed by atoms with van der Waals surface area (Å²) in [5.74, 6) is 0. The first-order valence-electron chi connectivity index (χ1n) is 7.42. The zero-order valence-corrected chi connectivity index (χ0v) is 15.3. The van der Waals surface area contributed by atoms with Gasteiger partial charge in [0.1, 0.15) is 0 Å². The first-order valence-corrected chi connectivity index (χ1v) is 8.21. The van der Waals surface area contributed by atoms with Crippen molar-refractivity contribution in [2.45, 2.75) is 54.1 Å². The molecule has 2 rings (SSSR count). The molecule has 2 aromatic rings. The summed E-state index contributed by atoms with van der Waals surface area (Å²) in [5, 5.41) is 8.29. The zero-order valence-electron chi connectivity index (χ0n) is 13.7. The smallest absolute Gasteiger partial charge is 0.0649 e. The SMILES string of the molecule is CCn1nc(C)c(C(C)Nc2c(C)cc(Br)cc2C)c1C. The Morgan fingerprint density at radius 1 is 1.19 bits per heavy atom. The third-order valence-corrected chi connectivity index (χ3v) is 4.49. The topological polar surface area (TPSA) is 29.9 Å². The molecule has 1 aromatic carbocycles. The first-order chi connectivity index (χ1) is 9.85. The highest BCUT2D eigenvalue weighted by Gasteiger charge is 2.18. The van der Waals surface area contributed by atoms with Crippen LogP contribution >= 0.6 is 15.9 Å². The number of benzene rings is 1. The van der Waals surface area contributed by atoms with Gasteiger partial charge in [0, 0.05) is 28.0 Å². The molecular formula is C17H24BrN3. The van der Waals surface area contributed by atoms with E-state index in [4.69, 9.17) is 0 Å². The van der Waals surface area contributed by atoms with Crippen LogP contribution in [-0.2, 0) is 6.54 Å². The maximum atomic E-state index is 4.62. The average molecular weight is 350 g/mol. The number of hydrogen-bond acceptors (Lipinski definition) is 2. The second-order valence-electron chi connectivity index (χ2n) is 5.68. The third kappa shape index (κ3) is 3.15. The van der Waals surface area contributed by atoms with Gasteiger partial charge < -0.3 is 5.32 Å². The Balaban J connectivity index is 2.35. The van der Waals surface area contributed by atoms with Gasteiger partial charge in [0.15, 0.2) is 0 Å². The van der Waals surface area contributed by atoms with E-state index in [1.165, 1.54) is 28.1 Å². The number of aromatic nitrogens is 2. The summed E-state index contributed by atoms with van der Waals surface area (Å²) in [6.07, 6.45) is 0. The number of anilines is 1. The standard InChI is InChI=1S/C17H24BrN3/c1-7-21-14(6)16(13(5)20-21)12(4)19-17-10(2)8-15(18)9-11(17)3/h8-9,12,19H,7H2,1-6H3. The fourth-order valence-electron chi connectivity index (χ4n) is 3.07. The van der Waals surface area contributed by atoms with Gasteiger partial charge >= 0.3 is 0 Å². The number of rotatable bonds is 4. The normalized spacial score (nSPS) is 12.5. The molecule has 1 unspecified atom stereocenters. The van der Waals surface area contributed by atoms with Crippen molar-refractivity contribution in [2.24, 2.45) is 0 Å². The summed E-state index contributed by atoms with van der Waals surface area (Å²) in [5.41, 5.74) is 7.40. The molecule has 114 valence electrons. The fraction of sp³-hybridized carbons (Fsp3) is 0.471. The van der Waals surface area contributed by atoms with Crippen molar-refractivity contribution in [1.29, 1.82) is 0 Å². The molecular weight excluding hydrogens is 326 g/mol. The molecule has 0 radical (unpaired) electrons.